The van der Waals surface area contributed by atoms with Gasteiger partial charge in [0.25, 0.3) is 5.91 Å². The van der Waals surface area contributed by atoms with E-state index >= 15 is 0 Å². The van der Waals surface area contributed by atoms with Crippen molar-refractivity contribution in [3.8, 4) is 5.75 Å². The highest BCUT2D eigenvalue weighted by atomic mass is 35.5. The topological polar surface area (TPSA) is 105 Å². The number of rotatable bonds is 8. The lowest BCUT2D eigenvalue weighted by molar-refractivity contribution is 0.0843. The van der Waals surface area contributed by atoms with Crippen molar-refractivity contribution >= 4 is 39.1 Å². The van der Waals surface area contributed by atoms with Gasteiger partial charge in [0.1, 0.15) is 23.5 Å². The molecule has 2 rings (SSSR count). The third kappa shape index (κ3) is 7.36. The first-order valence-corrected chi connectivity index (χ1v) is 11.7. The zero-order chi connectivity index (χ0) is 23.4. The molecular weight excluding hydrogens is 463 g/mol. The van der Waals surface area contributed by atoms with Crippen LogP contribution in [-0.4, -0.2) is 44.2 Å². The number of aliphatic hydroxyl groups is 1. The van der Waals surface area contributed by atoms with Crippen molar-refractivity contribution in [1.29, 1.82) is 0 Å². The van der Waals surface area contributed by atoms with Crippen LogP contribution < -0.4 is 14.8 Å². The number of aryl methyl sites for hydroxylation is 1. The van der Waals surface area contributed by atoms with Crippen LogP contribution in [0.4, 0.5) is 0 Å². The monoisotopic (exact) mass is 488 g/mol. The summed E-state index contributed by atoms with van der Waals surface area (Å²) >= 11 is 11.9. The van der Waals surface area contributed by atoms with Gasteiger partial charge >= 0.3 is 0 Å². The number of benzene rings is 2. The van der Waals surface area contributed by atoms with Crippen molar-refractivity contribution in [3.05, 3.63) is 57.6 Å². The van der Waals surface area contributed by atoms with E-state index in [2.05, 4.69) is 10.0 Å². The number of sulfonamides is 1. The van der Waals surface area contributed by atoms with Gasteiger partial charge in [-0.2, -0.15) is 0 Å². The van der Waals surface area contributed by atoms with E-state index in [1.54, 1.807) is 52.0 Å². The van der Waals surface area contributed by atoms with Crippen molar-refractivity contribution in [2.75, 3.05) is 13.2 Å². The third-order valence-corrected chi connectivity index (χ3v) is 6.61. The van der Waals surface area contributed by atoms with Crippen molar-refractivity contribution in [2.45, 2.75) is 44.2 Å². The number of hydrogen-bond acceptors (Lipinski definition) is 5. The molecule has 0 aliphatic rings. The van der Waals surface area contributed by atoms with Crippen molar-refractivity contribution in [1.82, 2.24) is 10.0 Å². The quantitative estimate of drug-likeness (QED) is 0.526. The van der Waals surface area contributed by atoms with E-state index in [0.29, 0.717) is 16.3 Å². The van der Waals surface area contributed by atoms with Gasteiger partial charge in [0, 0.05) is 17.6 Å². The normalized spacial score (nSPS) is 13.0. The molecular formula is C21H26Cl2N2O5S. The molecule has 0 saturated carbocycles. The highest BCUT2D eigenvalue weighted by Gasteiger charge is 2.23. The second kappa shape index (κ2) is 10.2. The standard InChI is InChI=1S/C21H26Cl2N2O5S/c1-13-8-9-15(31(28,29)25-21(2,3)4)10-16(13)20(27)24-11-14(26)12-30-18-7-5-6-17(22)19(18)23/h5-10,14,25-26H,11-12H2,1-4H3,(H,24,27). The van der Waals surface area contributed by atoms with Crippen molar-refractivity contribution < 1.29 is 23.1 Å². The van der Waals surface area contributed by atoms with Crippen LogP contribution in [0, 0.1) is 6.92 Å². The molecule has 0 aromatic heterocycles. The maximum absolute atomic E-state index is 12.6. The summed E-state index contributed by atoms with van der Waals surface area (Å²) in [5.41, 5.74) is 0.133. The summed E-state index contributed by atoms with van der Waals surface area (Å²) in [4.78, 5) is 12.6. The van der Waals surface area contributed by atoms with Gasteiger partial charge in [0.15, 0.2) is 0 Å². The molecule has 10 heteroatoms. The molecule has 1 unspecified atom stereocenters. The molecule has 0 heterocycles. The lowest BCUT2D eigenvalue weighted by Gasteiger charge is -2.21. The molecule has 170 valence electrons. The van der Waals surface area contributed by atoms with Gasteiger partial charge in [-0.05, 0) is 57.5 Å². The summed E-state index contributed by atoms with van der Waals surface area (Å²) in [5, 5.41) is 13.3. The molecule has 3 N–H and O–H groups in total. The molecule has 0 spiro atoms. The number of hydrogen-bond donors (Lipinski definition) is 3. The van der Waals surface area contributed by atoms with Crippen molar-refractivity contribution in [2.24, 2.45) is 0 Å². The molecule has 1 atom stereocenters. The molecule has 0 radical (unpaired) electrons. The zero-order valence-corrected chi connectivity index (χ0v) is 20.0. The van der Waals surface area contributed by atoms with Crippen molar-refractivity contribution in [3.63, 3.8) is 0 Å². The average molecular weight is 489 g/mol. The molecule has 7 nitrogen and oxygen atoms in total. The summed E-state index contributed by atoms with van der Waals surface area (Å²) in [5.74, 6) is -0.190. The van der Waals surface area contributed by atoms with E-state index in [1.165, 1.54) is 12.1 Å². The summed E-state index contributed by atoms with van der Waals surface area (Å²) < 4.78 is 33.1. The molecule has 0 bridgehead atoms. The fourth-order valence-corrected chi connectivity index (χ4v) is 4.41. The Labute approximate surface area is 192 Å². The lowest BCUT2D eigenvalue weighted by atomic mass is 10.1. The van der Waals surface area contributed by atoms with E-state index in [0.717, 1.165) is 0 Å². The second-order valence-corrected chi connectivity index (χ2v) is 10.5. The van der Waals surface area contributed by atoms with Crippen LogP contribution >= 0.6 is 23.2 Å². The maximum Gasteiger partial charge on any atom is 0.251 e. The molecule has 0 fully saturated rings. The van der Waals surface area contributed by atoms with Crippen LogP contribution in [0.15, 0.2) is 41.3 Å². The van der Waals surface area contributed by atoms with E-state index in [1.807, 2.05) is 0 Å². The van der Waals surface area contributed by atoms with Crippen LogP contribution in [0.3, 0.4) is 0 Å². The highest BCUT2D eigenvalue weighted by molar-refractivity contribution is 7.89. The summed E-state index contributed by atoms with van der Waals surface area (Å²) in [6, 6.07) is 9.20. The van der Waals surface area contributed by atoms with E-state index < -0.39 is 27.6 Å². The highest BCUT2D eigenvalue weighted by Crippen LogP contribution is 2.31. The summed E-state index contributed by atoms with van der Waals surface area (Å²) in [6.45, 7) is 6.66. The minimum atomic E-state index is -3.79. The first-order chi connectivity index (χ1) is 14.3. The molecule has 2 aromatic rings. The minimum Gasteiger partial charge on any atom is -0.489 e. The van der Waals surface area contributed by atoms with Gasteiger partial charge in [-0.25, -0.2) is 13.1 Å². The average Bonchev–Trinajstić information content (AvgIpc) is 2.65. The Bertz CT molecular complexity index is 1050. The predicted octanol–water partition coefficient (Wildman–Crippen LogP) is 3.55. The number of ether oxygens (including phenoxy) is 1. The van der Waals surface area contributed by atoms with E-state index in [9.17, 15) is 18.3 Å². The Balaban J connectivity index is 2.02. The smallest absolute Gasteiger partial charge is 0.251 e. The zero-order valence-electron chi connectivity index (χ0n) is 17.7. The molecule has 0 aliphatic carbocycles. The number of carbonyl (C=O) groups excluding carboxylic acids is 1. The Hall–Kier alpha value is -1.84. The Morgan fingerprint density at radius 2 is 1.87 bits per heavy atom. The summed E-state index contributed by atoms with van der Waals surface area (Å²) in [7, 11) is -3.79. The fraction of sp³-hybridized carbons (Fsp3) is 0.381. The van der Waals surface area contributed by atoms with Crippen LogP contribution in [0.1, 0.15) is 36.7 Å². The first-order valence-electron chi connectivity index (χ1n) is 9.48. The van der Waals surface area contributed by atoms with Crippen LogP contribution in [0.5, 0.6) is 5.75 Å². The predicted molar refractivity (Wildman–Crippen MR) is 122 cm³/mol. The third-order valence-electron chi connectivity index (χ3n) is 4.05. The second-order valence-electron chi connectivity index (χ2n) is 8.06. The molecule has 31 heavy (non-hydrogen) atoms. The largest absolute Gasteiger partial charge is 0.489 e. The van der Waals surface area contributed by atoms with Gasteiger partial charge < -0.3 is 15.2 Å². The number of nitrogens with one attached hydrogen (secondary N) is 2. The van der Waals surface area contributed by atoms with Crippen LogP contribution in [-0.2, 0) is 10.0 Å². The number of amides is 1. The first kappa shape index (κ1) is 25.4. The van der Waals surface area contributed by atoms with Gasteiger partial charge in [0.05, 0.1) is 9.92 Å². The van der Waals surface area contributed by atoms with Gasteiger partial charge in [-0.1, -0.05) is 35.3 Å². The Morgan fingerprint density at radius 3 is 2.52 bits per heavy atom. The molecule has 0 aliphatic heterocycles. The lowest BCUT2D eigenvalue weighted by Crippen LogP contribution is -2.40. The minimum absolute atomic E-state index is 0.0161. The van der Waals surface area contributed by atoms with E-state index in [-0.39, 0.29) is 28.6 Å². The van der Waals surface area contributed by atoms with Crippen LogP contribution in [0.2, 0.25) is 10.0 Å². The summed E-state index contributed by atoms with van der Waals surface area (Å²) in [6.07, 6.45) is -1.02. The van der Waals surface area contributed by atoms with Crippen LogP contribution in [0.25, 0.3) is 0 Å². The number of aliphatic hydroxyl groups excluding tert-OH is 1. The molecule has 2 aromatic carbocycles. The van der Waals surface area contributed by atoms with Gasteiger partial charge in [-0.3, -0.25) is 4.79 Å². The Kier molecular flexibility index (Phi) is 8.35. The Morgan fingerprint density at radius 1 is 1.19 bits per heavy atom. The van der Waals surface area contributed by atoms with Gasteiger partial charge in [0.2, 0.25) is 10.0 Å². The van der Waals surface area contributed by atoms with Gasteiger partial charge in [-0.15, -0.1) is 0 Å². The fourth-order valence-electron chi connectivity index (χ4n) is 2.62. The number of carbonyl (C=O) groups is 1. The number of halogens is 2. The van der Waals surface area contributed by atoms with E-state index in [4.69, 9.17) is 27.9 Å². The maximum atomic E-state index is 12.6. The molecule has 0 saturated heterocycles. The molecule has 1 amide bonds. The SMILES string of the molecule is Cc1ccc(S(=O)(=O)NC(C)(C)C)cc1C(=O)NCC(O)COc1cccc(Cl)c1Cl.